The van der Waals surface area contributed by atoms with Crippen molar-refractivity contribution in [2.75, 3.05) is 33.4 Å². The maximum Gasteiger partial charge on any atom is 0.293 e. The molecule has 0 heterocycles. The lowest BCUT2D eigenvalue weighted by Gasteiger charge is -2.02. The summed E-state index contributed by atoms with van der Waals surface area (Å²) in [7, 11) is 1.87. The number of hydrogen-bond acceptors (Lipinski definition) is 4. The Kier molecular flexibility index (Phi) is 8.87. The Hall–Kier alpha value is -0.610. The summed E-state index contributed by atoms with van der Waals surface area (Å²) in [6.07, 6.45) is 0.766. The van der Waals surface area contributed by atoms with Gasteiger partial charge in [0.1, 0.15) is 0 Å². The Balaban J connectivity index is 2.74. The summed E-state index contributed by atoms with van der Waals surface area (Å²) in [4.78, 5) is 9.67. The third-order valence-corrected chi connectivity index (χ3v) is 1.12. The number of rotatable bonds is 8. The smallest absolute Gasteiger partial charge is 0.293 e. The molecule has 0 bridgehead atoms. The highest BCUT2D eigenvalue weighted by molar-refractivity contribution is 5.36. The molecule has 0 rings (SSSR count). The highest BCUT2D eigenvalue weighted by Crippen LogP contribution is 1.82. The van der Waals surface area contributed by atoms with E-state index in [9.17, 15) is 4.79 Å². The highest BCUT2D eigenvalue weighted by Gasteiger charge is 1.87. The van der Waals surface area contributed by atoms with Crippen LogP contribution in [0, 0.1) is 0 Å². The summed E-state index contributed by atoms with van der Waals surface area (Å²) in [5, 5.41) is 2.96. The molecule has 0 spiro atoms. The van der Waals surface area contributed by atoms with Crippen molar-refractivity contribution in [3.63, 3.8) is 0 Å². The van der Waals surface area contributed by atoms with Crippen LogP contribution < -0.4 is 5.32 Å². The fraction of sp³-hybridized carbons (Fsp3) is 0.857. The third-order valence-electron chi connectivity index (χ3n) is 1.12. The molecular formula is C7H15NO3. The molecule has 0 saturated heterocycles. The number of ether oxygens (including phenoxy) is 2. The van der Waals surface area contributed by atoms with E-state index in [1.807, 2.05) is 7.05 Å². The van der Waals surface area contributed by atoms with E-state index in [0.717, 1.165) is 13.0 Å². The average Bonchev–Trinajstić information content (AvgIpc) is 2.03. The van der Waals surface area contributed by atoms with Gasteiger partial charge in [-0.15, -0.1) is 0 Å². The molecule has 0 amide bonds. The van der Waals surface area contributed by atoms with Gasteiger partial charge >= 0.3 is 0 Å². The first kappa shape index (κ1) is 10.4. The molecule has 4 nitrogen and oxygen atoms in total. The maximum absolute atomic E-state index is 9.67. The van der Waals surface area contributed by atoms with Crippen LogP contribution in [0.5, 0.6) is 0 Å². The molecule has 1 N–H and O–H groups in total. The van der Waals surface area contributed by atoms with Crippen LogP contribution in [-0.4, -0.2) is 39.9 Å². The largest absolute Gasteiger partial charge is 0.468 e. The quantitative estimate of drug-likeness (QED) is 0.395. The molecular weight excluding hydrogens is 146 g/mol. The molecule has 11 heavy (non-hydrogen) atoms. The normalized spacial score (nSPS) is 9.55. The Morgan fingerprint density at radius 1 is 1.36 bits per heavy atom. The summed E-state index contributed by atoms with van der Waals surface area (Å²) < 4.78 is 9.63. The average molecular weight is 161 g/mol. The SMILES string of the molecule is CNCCOCCCOC=O. The number of hydrogen-bond donors (Lipinski definition) is 1. The highest BCUT2D eigenvalue weighted by atomic mass is 16.5. The van der Waals surface area contributed by atoms with Crippen molar-refractivity contribution in [2.24, 2.45) is 0 Å². The van der Waals surface area contributed by atoms with Gasteiger partial charge in [0, 0.05) is 19.6 Å². The molecule has 0 aliphatic carbocycles. The zero-order valence-electron chi connectivity index (χ0n) is 6.84. The van der Waals surface area contributed by atoms with Crippen LogP contribution in [0.3, 0.4) is 0 Å². The fourth-order valence-electron chi connectivity index (χ4n) is 0.569. The molecule has 0 atom stereocenters. The van der Waals surface area contributed by atoms with Crippen molar-refractivity contribution >= 4 is 6.47 Å². The molecule has 0 aromatic heterocycles. The molecule has 0 aromatic carbocycles. The number of carbonyl (C=O) groups is 1. The van der Waals surface area contributed by atoms with E-state index < -0.39 is 0 Å². The van der Waals surface area contributed by atoms with Gasteiger partial charge in [0.05, 0.1) is 13.2 Å². The lowest BCUT2D eigenvalue weighted by atomic mass is 10.5. The standard InChI is InChI=1S/C7H15NO3/c1-8-3-6-10-4-2-5-11-7-9/h7-8H,2-6H2,1H3. The summed E-state index contributed by atoms with van der Waals surface area (Å²) >= 11 is 0. The zero-order valence-corrected chi connectivity index (χ0v) is 6.84. The fourth-order valence-corrected chi connectivity index (χ4v) is 0.569. The van der Waals surface area contributed by atoms with Crippen molar-refractivity contribution in [2.45, 2.75) is 6.42 Å². The van der Waals surface area contributed by atoms with E-state index in [1.165, 1.54) is 0 Å². The Morgan fingerprint density at radius 2 is 2.18 bits per heavy atom. The lowest BCUT2D eigenvalue weighted by molar-refractivity contribution is -0.129. The number of nitrogens with one attached hydrogen (secondary N) is 1. The molecule has 0 aliphatic heterocycles. The number of carbonyl (C=O) groups excluding carboxylic acids is 1. The third kappa shape index (κ3) is 9.39. The van der Waals surface area contributed by atoms with Gasteiger partial charge in [0.15, 0.2) is 0 Å². The topological polar surface area (TPSA) is 47.6 Å². The van der Waals surface area contributed by atoms with Gasteiger partial charge in [0.25, 0.3) is 6.47 Å². The second kappa shape index (κ2) is 9.39. The molecule has 66 valence electrons. The molecule has 0 unspecified atom stereocenters. The van der Waals surface area contributed by atoms with Gasteiger partial charge in [0.2, 0.25) is 0 Å². The van der Waals surface area contributed by atoms with Crippen molar-refractivity contribution in [3.05, 3.63) is 0 Å². The summed E-state index contributed by atoms with van der Waals surface area (Å²) in [6, 6.07) is 0. The Morgan fingerprint density at radius 3 is 2.82 bits per heavy atom. The van der Waals surface area contributed by atoms with Crippen molar-refractivity contribution < 1.29 is 14.3 Å². The van der Waals surface area contributed by atoms with Gasteiger partial charge in [-0.2, -0.15) is 0 Å². The van der Waals surface area contributed by atoms with Gasteiger partial charge in [-0.05, 0) is 7.05 Å². The first-order chi connectivity index (χ1) is 5.41. The van der Waals surface area contributed by atoms with Crippen LogP contribution in [-0.2, 0) is 14.3 Å². The van der Waals surface area contributed by atoms with Crippen LogP contribution in [0.1, 0.15) is 6.42 Å². The van der Waals surface area contributed by atoms with Gasteiger partial charge < -0.3 is 14.8 Å². The van der Waals surface area contributed by atoms with Crippen molar-refractivity contribution in [1.82, 2.24) is 5.32 Å². The van der Waals surface area contributed by atoms with E-state index in [2.05, 4.69) is 10.1 Å². The Labute approximate surface area is 66.9 Å². The summed E-state index contributed by atoms with van der Waals surface area (Å²) in [6.45, 7) is 3.11. The van der Waals surface area contributed by atoms with Crippen LogP contribution in [0.25, 0.3) is 0 Å². The van der Waals surface area contributed by atoms with Crippen molar-refractivity contribution in [3.8, 4) is 0 Å². The number of likely N-dealkylation sites (N-methyl/N-ethyl adjacent to an activating group) is 1. The molecule has 0 aliphatic rings. The van der Waals surface area contributed by atoms with Crippen LogP contribution >= 0.6 is 0 Å². The molecule has 0 aromatic rings. The second-order valence-corrected chi connectivity index (χ2v) is 2.04. The molecule has 0 fully saturated rings. The minimum absolute atomic E-state index is 0.447. The van der Waals surface area contributed by atoms with E-state index >= 15 is 0 Å². The van der Waals surface area contributed by atoms with Crippen LogP contribution in [0.2, 0.25) is 0 Å². The minimum atomic E-state index is 0.447. The van der Waals surface area contributed by atoms with E-state index in [0.29, 0.717) is 26.3 Å². The van der Waals surface area contributed by atoms with E-state index in [1.54, 1.807) is 0 Å². The summed E-state index contributed by atoms with van der Waals surface area (Å²) in [5.74, 6) is 0. The molecule has 0 radical (unpaired) electrons. The predicted octanol–water partition coefficient (Wildman–Crippen LogP) is -0.215. The van der Waals surface area contributed by atoms with E-state index in [4.69, 9.17) is 4.74 Å². The summed E-state index contributed by atoms with van der Waals surface area (Å²) in [5.41, 5.74) is 0. The Bertz CT molecular complexity index is 87.8. The predicted molar refractivity (Wildman–Crippen MR) is 41.4 cm³/mol. The molecule has 4 heteroatoms. The first-order valence-corrected chi connectivity index (χ1v) is 3.69. The second-order valence-electron chi connectivity index (χ2n) is 2.04. The van der Waals surface area contributed by atoms with E-state index in [-0.39, 0.29) is 0 Å². The van der Waals surface area contributed by atoms with Crippen LogP contribution in [0.4, 0.5) is 0 Å². The van der Waals surface area contributed by atoms with Gasteiger partial charge in [-0.3, -0.25) is 4.79 Å². The van der Waals surface area contributed by atoms with Crippen LogP contribution in [0.15, 0.2) is 0 Å². The van der Waals surface area contributed by atoms with Gasteiger partial charge in [-0.25, -0.2) is 0 Å². The van der Waals surface area contributed by atoms with Gasteiger partial charge in [-0.1, -0.05) is 0 Å². The van der Waals surface area contributed by atoms with Crippen molar-refractivity contribution in [1.29, 1.82) is 0 Å². The lowest BCUT2D eigenvalue weighted by Crippen LogP contribution is -2.14. The monoisotopic (exact) mass is 161 g/mol. The maximum atomic E-state index is 9.67. The zero-order chi connectivity index (χ0) is 8.36. The minimum Gasteiger partial charge on any atom is -0.468 e. The molecule has 0 saturated carbocycles. The first-order valence-electron chi connectivity index (χ1n) is 3.69.